The fourth-order valence-corrected chi connectivity index (χ4v) is 19.4. The predicted octanol–water partition coefficient (Wildman–Crippen LogP) is 9.58. The van der Waals surface area contributed by atoms with Crippen LogP contribution in [0.3, 0.4) is 0 Å². The van der Waals surface area contributed by atoms with E-state index in [9.17, 15) is 0 Å². The van der Waals surface area contributed by atoms with E-state index >= 15 is 0 Å². The van der Waals surface area contributed by atoms with Crippen LogP contribution in [0.4, 0.5) is 0 Å². The second-order valence-electron chi connectivity index (χ2n) is 8.38. The molecule has 0 bridgehead atoms. The normalized spacial score (nSPS) is 26.3. The van der Waals surface area contributed by atoms with Crippen molar-refractivity contribution < 1.29 is 0 Å². The highest BCUT2D eigenvalue weighted by Gasteiger charge is 2.27. The van der Waals surface area contributed by atoms with E-state index in [4.69, 9.17) is 0 Å². The van der Waals surface area contributed by atoms with E-state index in [0.29, 0.717) is 0 Å². The van der Waals surface area contributed by atoms with Gasteiger partial charge in [-0.1, -0.05) is 77.0 Å². The average molecular weight is 419 g/mol. The Morgan fingerprint density at radius 1 is 0.360 bits per heavy atom. The molecule has 3 saturated carbocycles. The summed E-state index contributed by atoms with van der Waals surface area (Å²) < 4.78 is 0. The molecule has 0 nitrogen and oxygen atoms in total. The molecule has 0 aromatic rings. The zero-order valence-electron chi connectivity index (χ0n) is 16.1. The maximum Gasteiger partial charge on any atom is 0.0737 e. The molecule has 25 heavy (non-hydrogen) atoms. The topological polar surface area (TPSA) is 0 Å². The second kappa shape index (κ2) is 12.8. The van der Waals surface area contributed by atoms with Gasteiger partial charge in [0.2, 0.25) is 0 Å². The van der Waals surface area contributed by atoms with Crippen molar-refractivity contribution >= 4 is 39.7 Å². The Morgan fingerprint density at radius 3 is 0.840 bits per heavy atom. The van der Waals surface area contributed by atoms with Gasteiger partial charge in [0.25, 0.3) is 0 Å². The monoisotopic (exact) mass is 418 g/mol. The lowest BCUT2D eigenvalue weighted by Crippen LogP contribution is -2.03. The van der Waals surface area contributed by atoms with Gasteiger partial charge in [0.05, 0.1) is 5.53 Å². The maximum absolute atomic E-state index is 2.47. The number of rotatable bonds is 6. The highest BCUT2D eigenvalue weighted by Crippen LogP contribution is 2.75. The van der Waals surface area contributed by atoms with Gasteiger partial charge in [-0.2, -0.15) is 0 Å². The molecule has 3 fully saturated rings. The van der Waals surface area contributed by atoms with E-state index < -0.39 is 0 Å². The summed E-state index contributed by atoms with van der Waals surface area (Å²) in [6.45, 7) is 0. The molecule has 0 aromatic carbocycles. The molecule has 0 N–H and O–H groups in total. The van der Waals surface area contributed by atoms with E-state index in [1.54, 1.807) is 0 Å². The van der Waals surface area contributed by atoms with Gasteiger partial charge in [0.15, 0.2) is 0 Å². The first-order valence-corrected chi connectivity index (χ1v) is 17.0. The molecular weight excluding hydrogens is 379 g/mol. The summed E-state index contributed by atoms with van der Waals surface area (Å²) in [5, 5.41) is 2.97. The van der Waals surface area contributed by atoms with Gasteiger partial charge < -0.3 is 0 Å². The highest BCUT2D eigenvalue weighted by atomic mass is 33.4. The van der Waals surface area contributed by atoms with Crippen LogP contribution in [0.2, 0.25) is 0 Å². The fraction of sp³-hybridized carbons (Fsp3) is 1.00. The summed E-state index contributed by atoms with van der Waals surface area (Å²) in [6.07, 6.45) is 27.1. The van der Waals surface area contributed by atoms with Gasteiger partial charge in [-0.25, -0.2) is 0 Å². The Morgan fingerprint density at radius 2 is 0.600 bits per heavy atom. The summed E-state index contributed by atoms with van der Waals surface area (Å²) in [5.74, 6) is 0. The third-order valence-corrected chi connectivity index (χ3v) is 17.8. The van der Waals surface area contributed by atoms with Crippen molar-refractivity contribution in [2.75, 3.05) is 0 Å². The van der Waals surface area contributed by atoms with Crippen molar-refractivity contribution in [1.29, 1.82) is 0 Å². The second-order valence-corrected chi connectivity index (χ2v) is 18.7. The Hall–Kier alpha value is 1.48. The van der Waals surface area contributed by atoms with E-state index in [2.05, 4.69) is 34.1 Å². The van der Waals surface area contributed by atoms with Crippen LogP contribution in [0.15, 0.2) is 0 Å². The van der Waals surface area contributed by atoms with Gasteiger partial charge in [-0.05, 0) is 38.5 Å². The molecular formula is C21H39PS3. The van der Waals surface area contributed by atoms with E-state index in [-0.39, 0.29) is 5.53 Å². The van der Waals surface area contributed by atoms with Crippen LogP contribution in [0.1, 0.15) is 116 Å². The van der Waals surface area contributed by atoms with E-state index in [0.717, 1.165) is 15.7 Å². The largest absolute Gasteiger partial charge is 0.109 e. The molecule has 0 spiro atoms. The van der Waals surface area contributed by atoms with Crippen LogP contribution in [-0.4, -0.2) is 15.7 Å². The van der Waals surface area contributed by atoms with Crippen LogP contribution < -0.4 is 0 Å². The molecule has 3 rings (SSSR count). The van der Waals surface area contributed by atoms with Crippen LogP contribution in [0.5, 0.6) is 0 Å². The summed E-state index contributed by atoms with van der Waals surface area (Å²) in [4.78, 5) is 0. The molecule has 146 valence electrons. The molecule has 3 aliphatic carbocycles. The first-order valence-electron chi connectivity index (χ1n) is 11.2. The lowest BCUT2D eigenvalue weighted by molar-refractivity contribution is 0.702. The smallest absolute Gasteiger partial charge is 0.0737 e. The minimum atomic E-state index is 0.0853. The molecule has 0 aliphatic heterocycles. The standard InChI is InChI=1S/C21H39PS3/c1-2-8-14-19(13-7-1)23-22(24-20-15-9-3-4-10-16-20)25-21-17-11-5-6-12-18-21/h19-21H,1-18H2. The van der Waals surface area contributed by atoms with Crippen molar-refractivity contribution in [3.05, 3.63) is 0 Å². The van der Waals surface area contributed by atoms with Gasteiger partial charge in [-0.3, -0.25) is 0 Å². The van der Waals surface area contributed by atoms with Crippen molar-refractivity contribution in [3.63, 3.8) is 0 Å². The SMILES string of the molecule is C1CCCC(SP(SC2CCCCCC2)SC2CCCCCC2)CC1. The summed E-state index contributed by atoms with van der Waals surface area (Å²) >= 11 is 7.41. The maximum atomic E-state index is 2.47. The Kier molecular flexibility index (Phi) is 10.9. The quantitative estimate of drug-likeness (QED) is 0.311. The molecule has 0 unspecified atom stereocenters. The Labute approximate surface area is 170 Å². The molecule has 4 heteroatoms. The summed E-state index contributed by atoms with van der Waals surface area (Å²) in [7, 11) is 0. The van der Waals surface area contributed by atoms with Crippen LogP contribution in [0, 0.1) is 0 Å². The highest BCUT2D eigenvalue weighted by molar-refractivity contribution is 9.12. The Balaban J connectivity index is 1.54. The minimum absolute atomic E-state index is 0.0853. The van der Waals surface area contributed by atoms with Crippen molar-refractivity contribution in [2.24, 2.45) is 0 Å². The van der Waals surface area contributed by atoms with Crippen LogP contribution in [0.25, 0.3) is 0 Å². The van der Waals surface area contributed by atoms with Gasteiger partial charge in [0.1, 0.15) is 0 Å². The van der Waals surface area contributed by atoms with E-state index in [1.807, 2.05) is 0 Å². The van der Waals surface area contributed by atoms with Crippen LogP contribution >= 0.6 is 39.7 Å². The molecule has 0 aromatic heterocycles. The third kappa shape index (κ3) is 8.57. The summed E-state index contributed by atoms with van der Waals surface area (Å²) in [6, 6.07) is 0. The predicted molar refractivity (Wildman–Crippen MR) is 124 cm³/mol. The first kappa shape index (κ1) is 21.2. The average Bonchev–Trinajstić information content (AvgIpc) is 3.11. The van der Waals surface area contributed by atoms with Crippen LogP contribution in [-0.2, 0) is 0 Å². The summed E-state index contributed by atoms with van der Waals surface area (Å²) in [5.41, 5.74) is 0.0853. The minimum Gasteiger partial charge on any atom is -0.109 e. The number of hydrogen-bond donors (Lipinski definition) is 0. The zero-order valence-corrected chi connectivity index (χ0v) is 19.5. The zero-order chi connectivity index (χ0) is 17.2. The molecule has 0 amide bonds. The Bertz CT molecular complexity index is 276. The lowest BCUT2D eigenvalue weighted by Gasteiger charge is -2.28. The van der Waals surface area contributed by atoms with Crippen molar-refractivity contribution in [3.8, 4) is 0 Å². The molecule has 3 aliphatic rings. The van der Waals surface area contributed by atoms with E-state index in [1.165, 1.54) is 116 Å². The van der Waals surface area contributed by atoms with Crippen molar-refractivity contribution in [2.45, 2.75) is 131 Å². The number of hydrogen-bond acceptors (Lipinski definition) is 3. The van der Waals surface area contributed by atoms with Gasteiger partial charge >= 0.3 is 0 Å². The fourth-order valence-electron chi connectivity index (χ4n) is 4.48. The molecule has 0 saturated heterocycles. The molecule has 0 atom stereocenters. The molecule has 0 heterocycles. The van der Waals surface area contributed by atoms with Gasteiger partial charge in [-0.15, -0.1) is 34.1 Å². The third-order valence-electron chi connectivity index (χ3n) is 6.11. The van der Waals surface area contributed by atoms with Crippen molar-refractivity contribution in [1.82, 2.24) is 0 Å². The van der Waals surface area contributed by atoms with Gasteiger partial charge in [0, 0.05) is 15.7 Å². The lowest BCUT2D eigenvalue weighted by atomic mass is 10.2. The molecule has 0 radical (unpaired) electrons. The first-order chi connectivity index (χ1) is 12.4.